The number of benzene rings is 1. The number of likely N-dealkylation sites (tertiary alicyclic amines) is 1. The second-order valence-electron chi connectivity index (χ2n) is 6.60. The molecule has 1 aliphatic rings. The summed E-state index contributed by atoms with van der Waals surface area (Å²) in [5, 5.41) is 12.9. The lowest BCUT2D eigenvalue weighted by atomic mass is 10.1. The molecule has 0 amide bonds. The van der Waals surface area contributed by atoms with Crippen molar-refractivity contribution in [2.24, 2.45) is 0 Å². The zero-order valence-corrected chi connectivity index (χ0v) is 14.2. The van der Waals surface area contributed by atoms with Gasteiger partial charge in [0, 0.05) is 24.8 Å². The lowest BCUT2D eigenvalue weighted by Crippen LogP contribution is -2.48. The molecule has 0 aliphatic carbocycles. The van der Waals surface area contributed by atoms with Crippen molar-refractivity contribution < 1.29 is 4.42 Å². The molecule has 0 N–H and O–H groups in total. The average Bonchev–Trinajstić information content (AvgIpc) is 3.15. The van der Waals surface area contributed by atoms with E-state index < -0.39 is 0 Å². The highest BCUT2D eigenvalue weighted by Crippen LogP contribution is 2.31. The van der Waals surface area contributed by atoms with Crippen LogP contribution in [0.25, 0.3) is 11.5 Å². The van der Waals surface area contributed by atoms with Crippen molar-refractivity contribution in [1.29, 1.82) is 0 Å². The molecule has 0 radical (unpaired) electrons. The highest BCUT2D eigenvalue weighted by atomic mass is 16.4. The first-order chi connectivity index (χ1) is 11.6. The van der Waals surface area contributed by atoms with Crippen molar-refractivity contribution in [3.8, 4) is 11.5 Å². The van der Waals surface area contributed by atoms with Crippen LogP contribution in [0.15, 0.2) is 41.1 Å². The Balaban J connectivity index is 1.44. The maximum atomic E-state index is 5.90. The van der Waals surface area contributed by atoms with Gasteiger partial charge in [0.15, 0.2) is 0 Å². The predicted molar refractivity (Wildman–Crippen MR) is 90.5 cm³/mol. The molecule has 1 aliphatic heterocycles. The van der Waals surface area contributed by atoms with Gasteiger partial charge in [-0.3, -0.25) is 9.58 Å². The van der Waals surface area contributed by atoms with Crippen LogP contribution in [0.5, 0.6) is 0 Å². The third-order valence-corrected chi connectivity index (χ3v) is 4.61. The minimum atomic E-state index is 0.115. The van der Waals surface area contributed by atoms with Crippen LogP contribution in [0.2, 0.25) is 0 Å². The van der Waals surface area contributed by atoms with Crippen molar-refractivity contribution in [1.82, 2.24) is 24.9 Å². The van der Waals surface area contributed by atoms with E-state index in [0.29, 0.717) is 17.8 Å². The number of rotatable bonds is 4. The van der Waals surface area contributed by atoms with Crippen LogP contribution >= 0.6 is 0 Å². The van der Waals surface area contributed by atoms with Crippen LogP contribution in [0, 0.1) is 13.8 Å². The molecule has 1 fully saturated rings. The van der Waals surface area contributed by atoms with Gasteiger partial charge in [0.1, 0.15) is 0 Å². The summed E-state index contributed by atoms with van der Waals surface area (Å²) in [7, 11) is 0. The molecule has 3 heterocycles. The Kier molecular flexibility index (Phi) is 3.69. The molecule has 6 heteroatoms. The van der Waals surface area contributed by atoms with E-state index in [0.717, 1.165) is 18.7 Å². The smallest absolute Gasteiger partial charge is 0.247 e. The van der Waals surface area contributed by atoms with E-state index in [1.807, 2.05) is 23.0 Å². The summed E-state index contributed by atoms with van der Waals surface area (Å²) in [4.78, 5) is 2.33. The second-order valence-corrected chi connectivity index (χ2v) is 6.60. The van der Waals surface area contributed by atoms with Crippen LogP contribution in [-0.4, -0.2) is 38.0 Å². The zero-order chi connectivity index (χ0) is 16.7. The van der Waals surface area contributed by atoms with Gasteiger partial charge >= 0.3 is 0 Å². The molecule has 1 saturated heterocycles. The molecule has 6 nitrogen and oxygen atoms in total. The summed E-state index contributed by atoms with van der Waals surface area (Å²) in [5.74, 6) is 1.25. The molecule has 0 bridgehead atoms. The Morgan fingerprint density at radius 2 is 2.00 bits per heavy atom. The number of hydrogen-bond donors (Lipinski definition) is 0. The van der Waals surface area contributed by atoms with E-state index in [-0.39, 0.29) is 6.04 Å². The summed E-state index contributed by atoms with van der Waals surface area (Å²) in [6.07, 6.45) is 3.99. The zero-order valence-electron chi connectivity index (χ0n) is 14.2. The molecule has 0 unspecified atom stereocenters. The van der Waals surface area contributed by atoms with E-state index in [1.165, 1.54) is 11.1 Å². The van der Waals surface area contributed by atoms with Gasteiger partial charge in [0.25, 0.3) is 0 Å². The molecule has 4 rings (SSSR count). The Morgan fingerprint density at radius 3 is 2.71 bits per heavy atom. The highest BCUT2D eigenvalue weighted by Gasteiger charge is 2.34. The van der Waals surface area contributed by atoms with E-state index >= 15 is 0 Å². The Bertz CT molecular complexity index is 846. The maximum Gasteiger partial charge on any atom is 0.247 e. The second kappa shape index (κ2) is 5.87. The first kappa shape index (κ1) is 15.1. The molecule has 3 aromatic rings. The van der Waals surface area contributed by atoms with Gasteiger partial charge in [-0.25, -0.2) is 0 Å². The van der Waals surface area contributed by atoms with Crippen LogP contribution in [0.1, 0.15) is 36.0 Å². The normalized spacial score (nSPS) is 17.0. The fraction of sp³-hybridized carbons (Fsp3) is 0.389. The summed E-state index contributed by atoms with van der Waals surface area (Å²) in [6, 6.07) is 8.66. The van der Waals surface area contributed by atoms with Gasteiger partial charge in [0.05, 0.1) is 18.3 Å². The number of aryl methyl sites for hydroxylation is 2. The van der Waals surface area contributed by atoms with Crippen molar-refractivity contribution in [2.75, 3.05) is 13.1 Å². The third-order valence-electron chi connectivity index (χ3n) is 4.61. The minimum absolute atomic E-state index is 0.115. The van der Waals surface area contributed by atoms with E-state index in [4.69, 9.17) is 4.42 Å². The van der Waals surface area contributed by atoms with Gasteiger partial charge in [-0.15, -0.1) is 10.2 Å². The van der Waals surface area contributed by atoms with Crippen LogP contribution < -0.4 is 0 Å². The molecule has 2 aromatic heterocycles. The van der Waals surface area contributed by atoms with Gasteiger partial charge in [-0.2, -0.15) is 5.10 Å². The summed E-state index contributed by atoms with van der Waals surface area (Å²) in [6.45, 7) is 8.13. The summed E-state index contributed by atoms with van der Waals surface area (Å²) in [5.41, 5.74) is 3.34. The lowest BCUT2D eigenvalue weighted by molar-refractivity contribution is 0.0484. The summed E-state index contributed by atoms with van der Waals surface area (Å²) < 4.78 is 7.95. The third kappa shape index (κ3) is 2.73. The monoisotopic (exact) mass is 323 g/mol. The molecular formula is C18H21N5O. The lowest BCUT2D eigenvalue weighted by Gasteiger charge is -2.41. The van der Waals surface area contributed by atoms with Crippen molar-refractivity contribution >= 4 is 0 Å². The van der Waals surface area contributed by atoms with Crippen molar-refractivity contribution in [3.63, 3.8) is 0 Å². The minimum Gasteiger partial charge on any atom is -0.419 e. The number of hydrogen-bond acceptors (Lipinski definition) is 5. The average molecular weight is 323 g/mol. The van der Waals surface area contributed by atoms with Crippen LogP contribution in [0.3, 0.4) is 0 Å². The highest BCUT2D eigenvalue weighted by molar-refractivity contribution is 5.53. The Hall–Kier alpha value is -2.47. The van der Waals surface area contributed by atoms with E-state index in [9.17, 15) is 0 Å². The fourth-order valence-electron chi connectivity index (χ4n) is 3.06. The molecule has 1 aromatic carbocycles. The molecular weight excluding hydrogens is 302 g/mol. The van der Waals surface area contributed by atoms with Crippen molar-refractivity contribution in [3.05, 3.63) is 53.7 Å². The Morgan fingerprint density at radius 1 is 1.17 bits per heavy atom. The quantitative estimate of drug-likeness (QED) is 0.738. The summed E-state index contributed by atoms with van der Waals surface area (Å²) >= 11 is 0. The Labute approximate surface area is 141 Å². The number of nitrogens with zero attached hydrogens (tertiary/aromatic N) is 5. The maximum absolute atomic E-state index is 5.90. The van der Waals surface area contributed by atoms with Crippen LogP contribution in [-0.2, 0) is 0 Å². The number of aromatic nitrogens is 4. The molecule has 0 spiro atoms. The first-order valence-corrected chi connectivity index (χ1v) is 8.25. The fourth-order valence-corrected chi connectivity index (χ4v) is 3.06. The standard InChI is InChI=1S/C18H21N5O/c1-12-5-4-6-15(7-12)18-21-20-17(24-18)14(3)22-10-16(11-22)23-9-13(2)8-19-23/h4-9,14,16H,10-11H2,1-3H3/t14-/m0/s1. The molecule has 24 heavy (non-hydrogen) atoms. The molecule has 124 valence electrons. The van der Waals surface area contributed by atoms with Gasteiger partial charge in [0.2, 0.25) is 11.8 Å². The largest absolute Gasteiger partial charge is 0.419 e. The SMILES string of the molecule is Cc1cccc(-c2nnc([C@H](C)N3CC(n4cc(C)cn4)C3)o2)c1. The predicted octanol–water partition coefficient (Wildman–Crippen LogP) is 3.17. The van der Waals surface area contributed by atoms with E-state index in [1.54, 1.807) is 0 Å². The van der Waals surface area contributed by atoms with Gasteiger partial charge < -0.3 is 4.42 Å². The molecule has 0 saturated carbocycles. The topological polar surface area (TPSA) is 60.0 Å². The molecule has 1 atom stereocenters. The van der Waals surface area contributed by atoms with Gasteiger partial charge in [-0.1, -0.05) is 17.7 Å². The van der Waals surface area contributed by atoms with Crippen LogP contribution in [0.4, 0.5) is 0 Å². The van der Waals surface area contributed by atoms with E-state index in [2.05, 4.69) is 59.3 Å². The first-order valence-electron chi connectivity index (χ1n) is 8.25. The van der Waals surface area contributed by atoms with Crippen molar-refractivity contribution in [2.45, 2.75) is 32.9 Å². The van der Waals surface area contributed by atoms with Gasteiger partial charge in [-0.05, 0) is 38.5 Å².